The molecule has 0 aliphatic rings. The van der Waals surface area contributed by atoms with Crippen LogP contribution in [0.1, 0.15) is 0 Å². The summed E-state index contributed by atoms with van der Waals surface area (Å²) >= 11 is 0.977. The molecule has 0 aliphatic heterocycles. The molecule has 0 aliphatic carbocycles. The van der Waals surface area contributed by atoms with Gasteiger partial charge in [0.2, 0.25) is 11.1 Å². The molecular weight excluding hydrogens is 383 g/mol. The first-order valence-electron chi connectivity index (χ1n) is 7.49. The van der Waals surface area contributed by atoms with Crippen molar-refractivity contribution < 1.29 is 22.7 Å². The number of nitrogens with one attached hydrogen (secondary N) is 1. The van der Waals surface area contributed by atoms with Gasteiger partial charge in [0.1, 0.15) is 11.4 Å². The molecule has 0 radical (unpaired) electrons. The Morgan fingerprint density at radius 2 is 1.96 bits per heavy atom. The standard InChI is InChI=1S/C16H12F3N5O2S/c1-26-12-5-3-2-4-11(12)24-16(21-22-23-24)27-8-13(25)20-10-7-6-9(17)14(18)15(10)19/h2-7H,8H2,1H3,(H,20,25). The van der Waals surface area contributed by atoms with E-state index >= 15 is 0 Å². The normalized spacial score (nSPS) is 10.7. The Bertz CT molecular complexity index is 982. The first-order valence-corrected chi connectivity index (χ1v) is 8.47. The zero-order valence-corrected chi connectivity index (χ0v) is 14.6. The minimum absolute atomic E-state index is 0.187. The second kappa shape index (κ2) is 8.08. The zero-order chi connectivity index (χ0) is 19.4. The summed E-state index contributed by atoms with van der Waals surface area (Å²) in [5, 5.41) is 13.7. The molecule has 0 bridgehead atoms. The van der Waals surface area contributed by atoms with Gasteiger partial charge in [0, 0.05) is 0 Å². The monoisotopic (exact) mass is 395 g/mol. The Morgan fingerprint density at radius 1 is 1.19 bits per heavy atom. The number of hydrogen-bond acceptors (Lipinski definition) is 6. The predicted molar refractivity (Wildman–Crippen MR) is 91.4 cm³/mol. The number of para-hydroxylation sites is 2. The lowest BCUT2D eigenvalue weighted by molar-refractivity contribution is -0.113. The highest BCUT2D eigenvalue weighted by Crippen LogP contribution is 2.26. The number of anilines is 1. The van der Waals surface area contributed by atoms with Gasteiger partial charge in [-0.05, 0) is 34.7 Å². The second-order valence-corrected chi connectivity index (χ2v) is 6.05. The lowest BCUT2D eigenvalue weighted by Gasteiger charge is -2.09. The van der Waals surface area contributed by atoms with E-state index in [0.717, 1.165) is 23.9 Å². The van der Waals surface area contributed by atoms with Crippen LogP contribution >= 0.6 is 11.8 Å². The maximum Gasteiger partial charge on any atom is 0.234 e. The number of halogens is 3. The fourth-order valence-electron chi connectivity index (χ4n) is 2.16. The summed E-state index contributed by atoms with van der Waals surface area (Å²) in [5.41, 5.74) is 0.114. The van der Waals surface area contributed by atoms with Crippen molar-refractivity contribution >= 4 is 23.4 Å². The molecule has 0 saturated heterocycles. The predicted octanol–water partition coefficient (Wildman–Crippen LogP) is 2.82. The van der Waals surface area contributed by atoms with Crippen LogP contribution in [0, 0.1) is 17.5 Å². The SMILES string of the molecule is COc1ccccc1-n1nnnc1SCC(=O)Nc1ccc(F)c(F)c1F. The number of hydrogen-bond donors (Lipinski definition) is 1. The number of rotatable bonds is 6. The topological polar surface area (TPSA) is 81.9 Å². The summed E-state index contributed by atoms with van der Waals surface area (Å²) in [6.45, 7) is 0. The van der Waals surface area contributed by atoms with Crippen molar-refractivity contribution in [3.8, 4) is 11.4 Å². The Morgan fingerprint density at radius 3 is 2.74 bits per heavy atom. The van der Waals surface area contributed by atoms with Crippen molar-refractivity contribution in [1.29, 1.82) is 0 Å². The van der Waals surface area contributed by atoms with Crippen molar-refractivity contribution in [2.24, 2.45) is 0 Å². The number of methoxy groups -OCH3 is 1. The van der Waals surface area contributed by atoms with Gasteiger partial charge in [-0.1, -0.05) is 23.9 Å². The van der Waals surface area contributed by atoms with Crippen LogP contribution in [0.3, 0.4) is 0 Å². The number of amides is 1. The van der Waals surface area contributed by atoms with E-state index in [1.54, 1.807) is 24.3 Å². The molecule has 0 spiro atoms. The van der Waals surface area contributed by atoms with Gasteiger partial charge in [0.25, 0.3) is 0 Å². The van der Waals surface area contributed by atoms with Crippen LogP contribution in [0.25, 0.3) is 5.69 Å². The molecule has 3 aromatic rings. The molecule has 1 amide bonds. The Kier molecular flexibility index (Phi) is 5.60. The van der Waals surface area contributed by atoms with Gasteiger partial charge >= 0.3 is 0 Å². The smallest absolute Gasteiger partial charge is 0.234 e. The molecule has 0 fully saturated rings. The highest BCUT2D eigenvalue weighted by Gasteiger charge is 2.17. The first-order chi connectivity index (χ1) is 13.0. The molecule has 11 heteroatoms. The van der Waals surface area contributed by atoms with E-state index < -0.39 is 29.0 Å². The minimum atomic E-state index is -1.65. The van der Waals surface area contributed by atoms with Crippen LogP contribution in [0.5, 0.6) is 5.75 Å². The number of tetrazole rings is 1. The lowest BCUT2D eigenvalue weighted by atomic mass is 10.3. The molecule has 0 saturated carbocycles. The number of carbonyl (C=O) groups excluding carboxylic acids is 1. The summed E-state index contributed by atoms with van der Waals surface area (Å²) in [6, 6.07) is 8.68. The highest BCUT2D eigenvalue weighted by molar-refractivity contribution is 7.99. The summed E-state index contributed by atoms with van der Waals surface area (Å²) in [4.78, 5) is 12.0. The third-order valence-corrected chi connectivity index (χ3v) is 4.32. The van der Waals surface area contributed by atoms with Crippen molar-refractivity contribution in [2.45, 2.75) is 5.16 Å². The molecule has 3 rings (SSSR count). The van der Waals surface area contributed by atoms with E-state index in [4.69, 9.17) is 4.74 Å². The highest BCUT2D eigenvalue weighted by atomic mass is 32.2. The Hall–Kier alpha value is -3.08. The van der Waals surface area contributed by atoms with Crippen molar-refractivity contribution in [3.05, 3.63) is 53.8 Å². The fourth-order valence-corrected chi connectivity index (χ4v) is 2.85. The number of thioether (sulfide) groups is 1. The quantitative estimate of drug-likeness (QED) is 0.511. The maximum atomic E-state index is 13.6. The Labute approximate surface area is 155 Å². The number of carbonyl (C=O) groups is 1. The summed E-state index contributed by atoms with van der Waals surface area (Å²) in [7, 11) is 1.50. The average molecular weight is 395 g/mol. The van der Waals surface area contributed by atoms with Crippen LogP contribution in [0.2, 0.25) is 0 Å². The molecule has 140 valence electrons. The van der Waals surface area contributed by atoms with Crippen molar-refractivity contribution in [2.75, 3.05) is 18.2 Å². The molecule has 27 heavy (non-hydrogen) atoms. The first kappa shape index (κ1) is 18.7. The van der Waals surface area contributed by atoms with Crippen LogP contribution in [0.4, 0.5) is 18.9 Å². The molecule has 2 aromatic carbocycles. The summed E-state index contributed by atoms with van der Waals surface area (Å²) < 4.78 is 46.4. The van der Waals surface area contributed by atoms with Gasteiger partial charge in [0.15, 0.2) is 17.5 Å². The maximum absolute atomic E-state index is 13.6. The van der Waals surface area contributed by atoms with Crippen LogP contribution in [-0.4, -0.2) is 39.0 Å². The summed E-state index contributed by atoms with van der Waals surface area (Å²) in [5.74, 6) is -4.75. The van der Waals surface area contributed by atoms with E-state index in [0.29, 0.717) is 16.6 Å². The molecular formula is C16H12F3N5O2S. The van der Waals surface area contributed by atoms with E-state index in [1.807, 2.05) is 0 Å². The van der Waals surface area contributed by atoms with E-state index in [9.17, 15) is 18.0 Å². The molecule has 1 aromatic heterocycles. The minimum Gasteiger partial charge on any atom is -0.494 e. The van der Waals surface area contributed by atoms with E-state index in [-0.39, 0.29) is 5.75 Å². The second-order valence-electron chi connectivity index (χ2n) is 5.10. The largest absolute Gasteiger partial charge is 0.494 e. The van der Waals surface area contributed by atoms with Gasteiger partial charge in [-0.15, -0.1) is 5.10 Å². The van der Waals surface area contributed by atoms with Crippen molar-refractivity contribution in [3.63, 3.8) is 0 Å². The molecule has 0 atom stereocenters. The van der Waals surface area contributed by atoms with Gasteiger partial charge in [0.05, 0.1) is 18.6 Å². The number of nitrogens with zero attached hydrogens (tertiary/aromatic N) is 4. The van der Waals surface area contributed by atoms with Crippen molar-refractivity contribution in [1.82, 2.24) is 20.2 Å². The van der Waals surface area contributed by atoms with E-state index in [1.165, 1.54) is 11.8 Å². The third-order valence-electron chi connectivity index (χ3n) is 3.40. The average Bonchev–Trinajstić information content (AvgIpc) is 3.15. The van der Waals surface area contributed by atoms with Gasteiger partial charge in [-0.2, -0.15) is 4.68 Å². The number of benzene rings is 2. The molecule has 1 N–H and O–H groups in total. The number of ether oxygens (including phenoxy) is 1. The summed E-state index contributed by atoms with van der Waals surface area (Å²) in [6.07, 6.45) is 0. The molecule has 1 heterocycles. The van der Waals surface area contributed by atoms with Crippen LogP contribution in [-0.2, 0) is 4.79 Å². The third kappa shape index (κ3) is 4.03. The number of aromatic nitrogens is 4. The van der Waals surface area contributed by atoms with Gasteiger partial charge in [-0.25, -0.2) is 13.2 Å². The molecule has 0 unspecified atom stereocenters. The van der Waals surface area contributed by atoms with E-state index in [2.05, 4.69) is 20.8 Å². The van der Waals surface area contributed by atoms with Gasteiger partial charge < -0.3 is 10.1 Å². The van der Waals surface area contributed by atoms with Gasteiger partial charge in [-0.3, -0.25) is 4.79 Å². The van der Waals surface area contributed by atoms with Crippen LogP contribution < -0.4 is 10.1 Å². The lowest BCUT2D eigenvalue weighted by Crippen LogP contribution is -2.16. The molecule has 7 nitrogen and oxygen atoms in total. The zero-order valence-electron chi connectivity index (χ0n) is 13.8. The van der Waals surface area contributed by atoms with Crippen LogP contribution in [0.15, 0.2) is 41.6 Å². The Balaban J connectivity index is 1.71. The fraction of sp³-hybridized carbons (Fsp3) is 0.125.